The summed E-state index contributed by atoms with van der Waals surface area (Å²) >= 11 is 0. The number of imidazole rings is 1. The minimum Gasteiger partial charge on any atom is -0.329 e. The summed E-state index contributed by atoms with van der Waals surface area (Å²) in [7, 11) is 0. The summed E-state index contributed by atoms with van der Waals surface area (Å²) in [5.41, 5.74) is 1.07. The van der Waals surface area contributed by atoms with Crippen molar-refractivity contribution in [1.82, 2.24) is 19.6 Å². The van der Waals surface area contributed by atoms with Gasteiger partial charge in [-0.25, -0.2) is 4.52 Å². The summed E-state index contributed by atoms with van der Waals surface area (Å²) in [4.78, 5) is 6.89. The van der Waals surface area contributed by atoms with Gasteiger partial charge in [-0.15, -0.1) is 0 Å². The predicted octanol–water partition coefficient (Wildman–Crippen LogP) is 0.366. The minimum atomic E-state index is 0.799. The molecule has 0 aliphatic rings. The van der Waals surface area contributed by atoms with Crippen LogP contribution in [0.5, 0.6) is 0 Å². The third-order valence-corrected chi connectivity index (χ3v) is 1.29. The maximum absolute atomic E-state index is 3.95. The van der Waals surface area contributed by atoms with Crippen LogP contribution >= 0.6 is 0 Å². The Balaban J connectivity index is 2.99. The number of hydrogen-bond acceptors (Lipinski definition) is 2. The SMILES string of the molecule is Cc1c[nH]c2ncnn12. The van der Waals surface area contributed by atoms with Gasteiger partial charge in [-0.3, -0.25) is 0 Å². The van der Waals surface area contributed by atoms with Crippen molar-refractivity contribution in [1.29, 1.82) is 0 Å². The average Bonchev–Trinajstić information content (AvgIpc) is 2.35. The minimum absolute atomic E-state index is 0.799. The second-order valence-electron chi connectivity index (χ2n) is 1.93. The highest BCUT2D eigenvalue weighted by atomic mass is 15.3. The molecule has 0 spiro atoms. The Morgan fingerprint density at radius 2 is 2.56 bits per heavy atom. The first-order valence-electron chi connectivity index (χ1n) is 2.71. The Hall–Kier alpha value is -1.32. The highest BCUT2D eigenvalue weighted by Crippen LogP contribution is 1.97. The zero-order valence-electron chi connectivity index (χ0n) is 5.00. The lowest BCUT2D eigenvalue weighted by molar-refractivity contribution is 0.931. The molecule has 0 radical (unpaired) electrons. The predicted molar refractivity (Wildman–Crippen MR) is 32.1 cm³/mol. The Kier molecular flexibility index (Phi) is 0.677. The molecule has 2 rings (SSSR count). The van der Waals surface area contributed by atoms with Crippen LogP contribution in [-0.2, 0) is 0 Å². The molecule has 4 heteroatoms. The van der Waals surface area contributed by atoms with E-state index in [1.54, 1.807) is 4.52 Å². The molecule has 2 aromatic rings. The molecule has 0 atom stereocenters. The van der Waals surface area contributed by atoms with E-state index >= 15 is 0 Å². The van der Waals surface area contributed by atoms with Crippen molar-refractivity contribution < 1.29 is 0 Å². The van der Waals surface area contributed by atoms with Gasteiger partial charge >= 0.3 is 0 Å². The number of aryl methyl sites for hydroxylation is 1. The van der Waals surface area contributed by atoms with Crippen LogP contribution in [0.2, 0.25) is 0 Å². The van der Waals surface area contributed by atoms with Crippen molar-refractivity contribution in [2.75, 3.05) is 0 Å². The molecule has 0 aliphatic heterocycles. The van der Waals surface area contributed by atoms with Crippen LogP contribution in [-0.4, -0.2) is 19.6 Å². The zero-order chi connectivity index (χ0) is 6.27. The van der Waals surface area contributed by atoms with Crippen molar-refractivity contribution in [3.05, 3.63) is 18.2 Å². The molecule has 0 saturated carbocycles. The van der Waals surface area contributed by atoms with Crippen LogP contribution in [0.15, 0.2) is 12.5 Å². The van der Waals surface area contributed by atoms with Gasteiger partial charge in [-0.2, -0.15) is 10.1 Å². The molecule has 2 aromatic heterocycles. The van der Waals surface area contributed by atoms with E-state index in [4.69, 9.17) is 0 Å². The normalized spacial score (nSPS) is 10.8. The fraction of sp³-hybridized carbons (Fsp3) is 0.200. The van der Waals surface area contributed by atoms with E-state index in [0.717, 1.165) is 11.5 Å². The second kappa shape index (κ2) is 1.34. The maximum atomic E-state index is 3.95. The maximum Gasteiger partial charge on any atom is 0.229 e. The highest BCUT2D eigenvalue weighted by molar-refractivity contribution is 5.26. The average molecular weight is 122 g/mol. The van der Waals surface area contributed by atoms with Crippen molar-refractivity contribution in [2.24, 2.45) is 0 Å². The standard InChI is InChI=1S/C5H6N4/c1-4-2-6-5-7-3-8-9(4)5/h2-3H,1H3,(H,6,7,8). The third-order valence-electron chi connectivity index (χ3n) is 1.29. The Morgan fingerprint density at radius 3 is 3.33 bits per heavy atom. The van der Waals surface area contributed by atoms with E-state index in [1.165, 1.54) is 6.33 Å². The van der Waals surface area contributed by atoms with Gasteiger partial charge in [0, 0.05) is 6.20 Å². The van der Waals surface area contributed by atoms with Gasteiger partial charge in [0.05, 0.1) is 5.69 Å². The van der Waals surface area contributed by atoms with Gasteiger partial charge < -0.3 is 4.98 Å². The molecule has 1 N–H and O–H groups in total. The Morgan fingerprint density at radius 1 is 1.67 bits per heavy atom. The summed E-state index contributed by atoms with van der Waals surface area (Å²) in [6, 6.07) is 0. The molecule has 0 amide bonds. The number of H-pyrrole nitrogens is 1. The van der Waals surface area contributed by atoms with Crippen LogP contribution < -0.4 is 0 Å². The molecule has 0 saturated heterocycles. The molecule has 2 heterocycles. The first-order chi connectivity index (χ1) is 4.38. The topological polar surface area (TPSA) is 46.0 Å². The van der Waals surface area contributed by atoms with E-state index in [9.17, 15) is 0 Å². The van der Waals surface area contributed by atoms with Crippen molar-refractivity contribution >= 4 is 5.78 Å². The Labute approximate surface area is 51.5 Å². The molecule has 0 bridgehead atoms. The lowest BCUT2D eigenvalue weighted by Crippen LogP contribution is -1.83. The van der Waals surface area contributed by atoms with Crippen LogP contribution in [0.3, 0.4) is 0 Å². The Bertz CT molecular complexity index is 318. The molecule has 0 aromatic carbocycles. The molecule has 4 nitrogen and oxygen atoms in total. The van der Waals surface area contributed by atoms with Crippen LogP contribution in [0, 0.1) is 6.92 Å². The summed E-state index contributed by atoms with van der Waals surface area (Å²) in [6.45, 7) is 1.97. The lowest BCUT2D eigenvalue weighted by Gasteiger charge is -1.79. The number of hydrogen-bond donors (Lipinski definition) is 1. The molecule has 9 heavy (non-hydrogen) atoms. The van der Waals surface area contributed by atoms with Crippen LogP contribution in [0.1, 0.15) is 5.69 Å². The quantitative estimate of drug-likeness (QED) is 0.548. The van der Waals surface area contributed by atoms with E-state index in [-0.39, 0.29) is 0 Å². The van der Waals surface area contributed by atoms with E-state index < -0.39 is 0 Å². The van der Waals surface area contributed by atoms with Gasteiger partial charge in [-0.1, -0.05) is 0 Å². The first-order valence-corrected chi connectivity index (χ1v) is 2.71. The number of rotatable bonds is 0. The number of aromatic nitrogens is 4. The van der Waals surface area contributed by atoms with Gasteiger partial charge in [0.1, 0.15) is 6.33 Å². The zero-order valence-corrected chi connectivity index (χ0v) is 5.00. The molecule has 0 fully saturated rings. The van der Waals surface area contributed by atoms with Gasteiger partial charge in [0.25, 0.3) is 0 Å². The lowest BCUT2D eigenvalue weighted by atomic mass is 10.6. The molecule has 46 valence electrons. The summed E-state index contributed by atoms with van der Waals surface area (Å²) in [5, 5.41) is 3.95. The van der Waals surface area contributed by atoms with Gasteiger partial charge in [0.15, 0.2) is 0 Å². The smallest absolute Gasteiger partial charge is 0.229 e. The highest BCUT2D eigenvalue weighted by Gasteiger charge is 1.96. The monoisotopic (exact) mass is 122 g/mol. The van der Waals surface area contributed by atoms with Crippen molar-refractivity contribution in [3.8, 4) is 0 Å². The fourth-order valence-corrected chi connectivity index (χ4v) is 0.828. The van der Waals surface area contributed by atoms with E-state index in [2.05, 4.69) is 15.1 Å². The number of fused-ring (bicyclic) bond motifs is 1. The third kappa shape index (κ3) is 0.468. The summed E-state index contributed by atoms with van der Waals surface area (Å²) in [5.74, 6) is 0.799. The molecule has 0 unspecified atom stereocenters. The number of nitrogens with one attached hydrogen (secondary N) is 1. The van der Waals surface area contributed by atoms with E-state index in [0.29, 0.717) is 0 Å². The first kappa shape index (κ1) is 4.55. The fourth-order valence-electron chi connectivity index (χ4n) is 0.828. The van der Waals surface area contributed by atoms with Crippen molar-refractivity contribution in [3.63, 3.8) is 0 Å². The summed E-state index contributed by atoms with van der Waals surface area (Å²) < 4.78 is 1.75. The van der Waals surface area contributed by atoms with Gasteiger partial charge in [0.2, 0.25) is 5.78 Å². The second-order valence-corrected chi connectivity index (χ2v) is 1.93. The largest absolute Gasteiger partial charge is 0.329 e. The van der Waals surface area contributed by atoms with Gasteiger partial charge in [-0.05, 0) is 6.92 Å². The van der Waals surface area contributed by atoms with E-state index in [1.807, 2.05) is 13.1 Å². The van der Waals surface area contributed by atoms with Crippen LogP contribution in [0.25, 0.3) is 5.78 Å². The van der Waals surface area contributed by atoms with Crippen LogP contribution in [0.4, 0.5) is 0 Å². The van der Waals surface area contributed by atoms with Crippen molar-refractivity contribution in [2.45, 2.75) is 6.92 Å². The number of nitrogens with zero attached hydrogens (tertiary/aromatic N) is 3. The molecular weight excluding hydrogens is 116 g/mol. The molecule has 0 aliphatic carbocycles. The molecular formula is C5H6N4. The number of aromatic amines is 1. The summed E-state index contributed by atoms with van der Waals surface area (Å²) in [6.07, 6.45) is 3.40.